The summed E-state index contributed by atoms with van der Waals surface area (Å²) in [4.78, 5) is 0. The van der Waals surface area contributed by atoms with Gasteiger partial charge in [0.05, 0.1) is 5.56 Å². The van der Waals surface area contributed by atoms with E-state index in [1.807, 2.05) is 0 Å². The lowest BCUT2D eigenvalue weighted by molar-refractivity contribution is -0.219. The lowest BCUT2D eigenvalue weighted by atomic mass is 9.71. The van der Waals surface area contributed by atoms with Crippen molar-refractivity contribution in [2.45, 2.75) is 19.0 Å². The van der Waals surface area contributed by atoms with Crippen LogP contribution in [-0.4, -0.2) is 38.8 Å². The van der Waals surface area contributed by atoms with E-state index in [0.717, 1.165) is 0 Å². The molecule has 0 radical (unpaired) electrons. The van der Waals surface area contributed by atoms with Gasteiger partial charge in [-0.1, -0.05) is 24.3 Å². The van der Waals surface area contributed by atoms with Crippen molar-refractivity contribution < 1.29 is 30.1 Å². The van der Waals surface area contributed by atoms with Gasteiger partial charge in [0.1, 0.15) is 5.75 Å². The van der Waals surface area contributed by atoms with Crippen LogP contribution in [0.4, 0.5) is 0 Å². The monoisotopic (exact) mass is 276 g/mol. The second-order valence-corrected chi connectivity index (χ2v) is 4.72. The van der Waals surface area contributed by atoms with E-state index in [1.54, 1.807) is 24.3 Å². The molecule has 6 nitrogen and oxygen atoms in total. The number of benzene rings is 2. The second-order valence-electron chi connectivity index (χ2n) is 4.72. The van der Waals surface area contributed by atoms with Crippen LogP contribution < -0.4 is 5.46 Å². The normalized spacial score (nSPS) is 21.8. The lowest BCUT2D eigenvalue weighted by Crippen LogP contribution is -2.39. The van der Waals surface area contributed by atoms with Crippen LogP contribution in [0.1, 0.15) is 17.4 Å². The van der Waals surface area contributed by atoms with Gasteiger partial charge in [-0.15, -0.1) is 0 Å². The first-order valence-corrected chi connectivity index (χ1v) is 6.14. The molecule has 2 unspecified atom stereocenters. The zero-order valence-corrected chi connectivity index (χ0v) is 10.4. The molecule has 0 saturated heterocycles. The van der Waals surface area contributed by atoms with E-state index in [0.29, 0.717) is 16.3 Å². The Morgan fingerprint density at radius 1 is 1.10 bits per heavy atom. The number of phenols is 1. The number of fused-ring (bicyclic) bond motifs is 2. The number of phenolic OH excluding ortho intramolecular Hbond substituents is 1. The Morgan fingerprint density at radius 3 is 2.40 bits per heavy atom. The van der Waals surface area contributed by atoms with Crippen LogP contribution in [0.25, 0.3) is 10.8 Å². The van der Waals surface area contributed by atoms with Crippen molar-refractivity contribution in [3.63, 3.8) is 0 Å². The van der Waals surface area contributed by atoms with Crippen LogP contribution in [0.3, 0.4) is 0 Å². The molecule has 0 amide bonds. The number of aliphatic hydroxyl groups excluding tert-OH is 2. The van der Waals surface area contributed by atoms with Crippen molar-refractivity contribution in [3.8, 4) is 5.75 Å². The Hall–Kier alpha value is -1.64. The first-order valence-electron chi connectivity index (χ1n) is 6.14. The number of hydrogen-bond donors (Lipinski definition) is 5. The standard InChI is InChI=1S/C13H13BO6/c15-9-5-8-10(13(17)20-9)12(16)7-4-2-1-3-6(7)11(8)14(18)19/h1-4,9,13,15-19H,5H2. The van der Waals surface area contributed by atoms with E-state index in [4.69, 9.17) is 4.74 Å². The molecule has 2 atom stereocenters. The van der Waals surface area contributed by atoms with E-state index < -0.39 is 19.7 Å². The average Bonchev–Trinajstić information content (AvgIpc) is 2.37. The summed E-state index contributed by atoms with van der Waals surface area (Å²) < 4.78 is 4.86. The van der Waals surface area contributed by atoms with E-state index in [2.05, 4.69) is 0 Å². The number of hydrogen-bond acceptors (Lipinski definition) is 6. The highest BCUT2D eigenvalue weighted by Crippen LogP contribution is 2.38. The maximum absolute atomic E-state index is 10.3. The van der Waals surface area contributed by atoms with Crippen LogP contribution in [-0.2, 0) is 11.2 Å². The van der Waals surface area contributed by atoms with Gasteiger partial charge >= 0.3 is 7.12 Å². The maximum Gasteiger partial charge on any atom is 0.489 e. The largest absolute Gasteiger partial charge is 0.507 e. The predicted octanol–water partition coefficient (Wildman–Crippen LogP) is -0.893. The topological polar surface area (TPSA) is 110 Å². The molecule has 2 aromatic carbocycles. The van der Waals surface area contributed by atoms with E-state index in [-0.39, 0.29) is 23.2 Å². The minimum absolute atomic E-state index is 0.0439. The summed E-state index contributed by atoms with van der Waals surface area (Å²) in [5.74, 6) is -0.181. The highest BCUT2D eigenvalue weighted by molar-refractivity contribution is 6.62. The molecule has 20 heavy (non-hydrogen) atoms. The van der Waals surface area contributed by atoms with Crippen molar-refractivity contribution in [1.82, 2.24) is 0 Å². The van der Waals surface area contributed by atoms with E-state index >= 15 is 0 Å². The van der Waals surface area contributed by atoms with Crippen LogP contribution in [0.2, 0.25) is 0 Å². The molecule has 2 aromatic rings. The maximum atomic E-state index is 10.3. The Bertz CT molecular complexity index is 671. The molecule has 7 heteroatoms. The summed E-state index contributed by atoms with van der Waals surface area (Å²) >= 11 is 0. The van der Waals surface area contributed by atoms with Crippen molar-refractivity contribution in [1.29, 1.82) is 0 Å². The summed E-state index contributed by atoms with van der Waals surface area (Å²) in [6, 6.07) is 6.63. The van der Waals surface area contributed by atoms with Crippen molar-refractivity contribution in [3.05, 3.63) is 35.4 Å². The molecular formula is C13H13BO6. The fourth-order valence-corrected chi connectivity index (χ4v) is 2.74. The van der Waals surface area contributed by atoms with Crippen molar-refractivity contribution in [2.75, 3.05) is 0 Å². The molecule has 1 aliphatic heterocycles. The zero-order valence-electron chi connectivity index (χ0n) is 10.4. The molecule has 0 spiro atoms. The molecule has 0 aliphatic carbocycles. The Balaban J connectivity index is 2.43. The number of rotatable bonds is 1. The Kier molecular flexibility index (Phi) is 3.16. The SMILES string of the molecule is OB(O)c1c2c(c(O)c3ccccc13)C(O)OC(O)C2. The van der Waals surface area contributed by atoms with Gasteiger partial charge in [-0.2, -0.15) is 0 Å². The van der Waals surface area contributed by atoms with Gasteiger partial charge in [0.15, 0.2) is 12.6 Å². The number of aromatic hydroxyl groups is 1. The Morgan fingerprint density at radius 2 is 1.75 bits per heavy atom. The molecular weight excluding hydrogens is 263 g/mol. The summed E-state index contributed by atoms with van der Waals surface area (Å²) in [5.41, 5.74) is 0.523. The summed E-state index contributed by atoms with van der Waals surface area (Å²) in [5, 5.41) is 49.8. The van der Waals surface area contributed by atoms with Crippen LogP contribution in [0, 0.1) is 0 Å². The summed E-state index contributed by atoms with van der Waals surface area (Å²) in [7, 11) is -1.79. The fraction of sp³-hybridized carbons (Fsp3) is 0.231. The van der Waals surface area contributed by atoms with E-state index in [1.165, 1.54) is 0 Å². The minimum atomic E-state index is -1.79. The highest BCUT2D eigenvalue weighted by Gasteiger charge is 2.34. The van der Waals surface area contributed by atoms with Gasteiger partial charge in [-0.25, -0.2) is 0 Å². The van der Waals surface area contributed by atoms with Gasteiger partial charge in [-0.3, -0.25) is 0 Å². The van der Waals surface area contributed by atoms with Crippen molar-refractivity contribution in [2.24, 2.45) is 0 Å². The molecule has 104 valence electrons. The van der Waals surface area contributed by atoms with Gasteiger partial charge in [0.2, 0.25) is 0 Å². The quantitative estimate of drug-likeness (QED) is 0.432. The second kappa shape index (κ2) is 4.73. The summed E-state index contributed by atoms with van der Waals surface area (Å²) in [6.45, 7) is 0. The number of aliphatic hydroxyl groups is 2. The average molecular weight is 276 g/mol. The van der Waals surface area contributed by atoms with Gasteiger partial charge in [0.25, 0.3) is 0 Å². The third kappa shape index (κ3) is 1.88. The lowest BCUT2D eigenvalue weighted by Gasteiger charge is -2.29. The van der Waals surface area contributed by atoms with Crippen LogP contribution in [0.5, 0.6) is 5.75 Å². The smallest absolute Gasteiger partial charge is 0.489 e. The molecule has 3 rings (SSSR count). The molecule has 1 heterocycles. The van der Waals surface area contributed by atoms with Crippen LogP contribution in [0.15, 0.2) is 24.3 Å². The van der Waals surface area contributed by atoms with Crippen LogP contribution >= 0.6 is 0 Å². The minimum Gasteiger partial charge on any atom is -0.507 e. The van der Waals surface area contributed by atoms with Crippen molar-refractivity contribution >= 4 is 23.4 Å². The first kappa shape index (κ1) is 13.4. The Labute approximate surface area is 114 Å². The summed E-state index contributed by atoms with van der Waals surface area (Å²) in [6.07, 6.45) is -2.83. The molecule has 0 bridgehead atoms. The molecule has 1 aliphatic rings. The van der Waals surface area contributed by atoms with Gasteiger partial charge in [-0.05, 0) is 16.4 Å². The third-order valence-electron chi connectivity index (χ3n) is 3.55. The molecule has 0 saturated carbocycles. The van der Waals surface area contributed by atoms with E-state index in [9.17, 15) is 25.4 Å². The zero-order chi connectivity index (χ0) is 14.4. The third-order valence-corrected chi connectivity index (χ3v) is 3.55. The molecule has 5 N–H and O–H groups in total. The molecule has 0 aromatic heterocycles. The van der Waals surface area contributed by atoms with Gasteiger partial charge in [0, 0.05) is 11.8 Å². The number of ether oxygens (including phenoxy) is 1. The first-order chi connectivity index (χ1) is 9.50. The fourth-order valence-electron chi connectivity index (χ4n) is 2.74. The predicted molar refractivity (Wildman–Crippen MR) is 71.2 cm³/mol. The molecule has 0 fully saturated rings. The highest BCUT2D eigenvalue weighted by atomic mass is 16.7. The van der Waals surface area contributed by atoms with Gasteiger partial charge < -0.3 is 30.1 Å².